The van der Waals surface area contributed by atoms with Crippen LogP contribution in [0.25, 0.3) is 0 Å². The van der Waals surface area contributed by atoms with Gasteiger partial charge >= 0.3 is 0 Å². The molecule has 0 aromatic carbocycles. The number of aromatic nitrogens is 2. The Morgan fingerprint density at radius 3 is 3.00 bits per heavy atom. The quantitative estimate of drug-likeness (QED) is 0.803. The maximum absolute atomic E-state index is 4.30. The van der Waals surface area contributed by atoms with Crippen LogP contribution in [0.3, 0.4) is 0 Å². The fraction of sp³-hybridized carbons (Fsp3) is 0.250. The van der Waals surface area contributed by atoms with Gasteiger partial charge in [-0.05, 0) is 45.8 Å². The SMILES string of the molecule is Cc1nsc(SCc2sccc2Br)n1. The Balaban J connectivity index is 1.98. The molecule has 0 saturated carbocycles. The number of nitrogens with zero attached hydrogens (tertiary/aromatic N) is 2. The lowest BCUT2D eigenvalue weighted by Crippen LogP contribution is -1.76. The van der Waals surface area contributed by atoms with E-state index in [1.54, 1.807) is 23.1 Å². The molecule has 6 heteroatoms. The van der Waals surface area contributed by atoms with Crippen molar-refractivity contribution in [1.29, 1.82) is 0 Å². The van der Waals surface area contributed by atoms with E-state index in [0.717, 1.165) is 15.9 Å². The van der Waals surface area contributed by atoms with Gasteiger partial charge in [-0.25, -0.2) is 4.98 Å². The minimum Gasteiger partial charge on any atom is -0.213 e. The van der Waals surface area contributed by atoms with Crippen molar-refractivity contribution < 1.29 is 0 Å². The first-order valence-corrected chi connectivity index (χ1v) is 7.34. The van der Waals surface area contributed by atoms with E-state index < -0.39 is 0 Å². The molecule has 0 bridgehead atoms. The summed E-state index contributed by atoms with van der Waals surface area (Å²) in [6.45, 7) is 1.92. The van der Waals surface area contributed by atoms with Crippen LogP contribution in [0.1, 0.15) is 10.7 Å². The van der Waals surface area contributed by atoms with Gasteiger partial charge in [-0.2, -0.15) is 4.37 Å². The predicted molar refractivity (Wildman–Crippen MR) is 66.2 cm³/mol. The molecule has 2 nitrogen and oxygen atoms in total. The zero-order chi connectivity index (χ0) is 9.97. The van der Waals surface area contributed by atoms with Crippen molar-refractivity contribution in [2.45, 2.75) is 17.0 Å². The average molecular weight is 307 g/mol. The predicted octanol–water partition coefficient (Wildman–Crippen LogP) is 3.96. The van der Waals surface area contributed by atoms with Crippen LogP contribution in [0.2, 0.25) is 0 Å². The van der Waals surface area contributed by atoms with E-state index in [1.807, 2.05) is 6.92 Å². The first kappa shape index (κ1) is 10.6. The Labute approximate surface area is 103 Å². The van der Waals surface area contributed by atoms with E-state index in [-0.39, 0.29) is 0 Å². The monoisotopic (exact) mass is 306 g/mol. The molecule has 2 aromatic heterocycles. The standard InChI is InChI=1S/C8H7BrN2S3/c1-5-10-8(14-11-5)13-4-7-6(9)2-3-12-7/h2-3H,4H2,1H3. The summed E-state index contributed by atoms with van der Waals surface area (Å²) in [7, 11) is 0. The topological polar surface area (TPSA) is 25.8 Å². The molecular formula is C8H7BrN2S3. The maximum Gasteiger partial charge on any atom is 0.170 e. The second kappa shape index (κ2) is 4.74. The third-order valence-corrected chi connectivity index (χ3v) is 5.59. The number of thiophene rings is 1. The van der Waals surface area contributed by atoms with Gasteiger partial charge in [0.2, 0.25) is 0 Å². The van der Waals surface area contributed by atoms with Crippen molar-refractivity contribution in [2.24, 2.45) is 0 Å². The highest BCUT2D eigenvalue weighted by Gasteiger charge is 2.05. The van der Waals surface area contributed by atoms with E-state index in [0.29, 0.717) is 0 Å². The second-order valence-electron chi connectivity index (χ2n) is 2.59. The summed E-state index contributed by atoms with van der Waals surface area (Å²) >= 11 is 8.48. The number of hydrogen-bond acceptors (Lipinski definition) is 5. The van der Waals surface area contributed by atoms with E-state index >= 15 is 0 Å². The molecule has 0 aliphatic carbocycles. The third kappa shape index (κ3) is 2.56. The Bertz CT molecular complexity index is 424. The number of thioether (sulfide) groups is 1. The van der Waals surface area contributed by atoms with Crippen LogP contribution >= 0.6 is 50.6 Å². The lowest BCUT2D eigenvalue weighted by Gasteiger charge is -1.94. The zero-order valence-electron chi connectivity index (χ0n) is 7.36. The molecule has 0 spiro atoms. The summed E-state index contributed by atoms with van der Waals surface area (Å²) in [5.41, 5.74) is 0. The van der Waals surface area contributed by atoms with Crippen molar-refractivity contribution in [3.8, 4) is 0 Å². The molecule has 2 heterocycles. The van der Waals surface area contributed by atoms with Crippen LogP contribution in [0.4, 0.5) is 0 Å². The fourth-order valence-electron chi connectivity index (χ4n) is 0.892. The van der Waals surface area contributed by atoms with Crippen LogP contribution in [-0.4, -0.2) is 9.36 Å². The van der Waals surface area contributed by atoms with Crippen LogP contribution in [0.5, 0.6) is 0 Å². The van der Waals surface area contributed by atoms with Gasteiger partial charge in [0.15, 0.2) is 4.34 Å². The number of hydrogen-bond donors (Lipinski definition) is 0. The maximum atomic E-state index is 4.30. The van der Waals surface area contributed by atoms with Crippen LogP contribution < -0.4 is 0 Å². The van der Waals surface area contributed by atoms with Crippen molar-refractivity contribution in [2.75, 3.05) is 0 Å². The highest BCUT2D eigenvalue weighted by Crippen LogP contribution is 2.31. The molecular weight excluding hydrogens is 300 g/mol. The normalized spacial score (nSPS) is 10.7. The highest BCUT2D eigenvalue weighted by molar-refractivity contribution is 9.10. The molecule has 2 rings (SSSR count). The lowest BCUT2D eigenvalue weighted by atomic mass is 10.5. The molecule has 0 saturated heterocycles. The van der Waals surface area contributed by atoms with E-state index in [4.69, 9.17) is 0 Å². The number of halogens is 1. The summed E-state index contributed by atoms with van der Waals surface area (Å²) in [5, 5.41) is 2.09. The Kier molecular flexibility index (Phi) is 3.59. The molecule has 2 aromatic rings. The average Bonchev–Trinajstić information content (AvgIpc) is 2.72. The van der Waals surface area contributed by atoms with Crippen molar-refractivity contribution >= 4 is 50.6 Å². The van der Waals surface area contributed by atoms with Gasteiger partial charge in [0.1, 0.15) is 5.82 Å². The van der Waals surface area contributed by atoms with E-state index in [2.05, 4.69) is 36.7 Å². The fourth-order valence-corrected chi connectivity index (χ4v) is 4.33. The van der Waals surface area contributed by atoms with Gasteiger partial charge < -0.3 is 0 Å². The van der Waals surface area contributed by atoms with Crippen molar-refractivity contribution in [1.82, 2.24) is 9.36 Å². The molecule has 14 heavy (non-hydrogen) atoms. The highest BCUT2D eigenvalue weighted by atomic mass is 79.9. The molecule has 0 N–H and O–H groups in total. The number of rotatable bonds is 3. The van der Waals surface area contributed by atoms with E-state index in [9.17, 15) is 0 Å². The van der Waals surface area contributed by atoms with Crippen LogP contribution in [-0.2, 0) is 5.75 Å². The van der Waals surface area contributed by atoms with Gasteiger partial charge in [0, 0.05) is 15.1 Å². The summed E-state index contributed by atoms with van der Waals surface area (Å²) in [6, 6.07) is 2.08. The van der Waals surface area contributed by atoms with Gasteiger partial charge in [0.05, 0.1) is 0 Å². The Morgan fingerprint density at radius 2 is 2.43 bits per heavy atom. The van der Waals surface area contributed by atoms with Crippen molar-refractivity contribution in [3.63, 3.8) is 0 Å². The summed E-state index contributed by atoms with van der Waals surface area (Å²) in [5.74, 6) is 1.83. The Hall–Kier alpha value is 0.0900. The van der Waals surface area contributed by atoms with Crippen LogP contribution in [0.15, 0.2) is 20.3 Å². The molecule has 0 unspecified atom stereocenters. The molecule has 0 atom stereocenters. The van der Waals surface area contributed by atoms with Crippen molar-refractivity contribution in [3.05, 3.63) is 26.6 Å². The molecule has 0 fully saturated rings. The number of aryl methyl sites for hydroxylation is 1. The first-order valence-electron chi connectivity index (χ1n) is 3.90. The molecule has 0 aliphatic rings. The molecule has 74 valence electrons. The minimum atomic E-state index is 0.864. The van der Waals surface area contributed by atoms with Gasteiger partial charge in [-0.15, -0.1) is 11.3 Å². The van der Waals surface area contributed by atoms with Crippen LogP contribution in [0, 0.1) is 6.92 Å². The summed E-state index contributed by atoms with van der Waals surface area (Å²) in [4.78, 5) is 5.65. The van der Waals surface area contributed by atoms with E-state index in [1.165, 1.54) is 20.9 Å². The molecule has 0 radical (unpaired) electrons. The zero-order valence-corrected chi connectivity index (χ0v) is 11.4. The largest absolute Gasteiger partial charge is 0.213 e. The van der Waals surface area contributed by atoms with Gasteiger partial charge in [0.25, 0.3) is 0 Å². The lowest BCUT2D eigenvalue weighted by molar-refractivity contribution is 1.10. The van der Waals surface area contributed by atoms with Gasteiger partial charge in [-0.3, -0.25) is 0 Å². The summed E-state index contributed by atoms with van der Waals surface area (Å²) < 4.78 is 6.38. The molecule has 0 aliphatic heterocycles. The summed E-state index contributed by atoms with van der Waals surface area (Å²) in [6.07, 6.45) is 0. The smallest absolute Gasteiger partial charge is 0.170 e. The second-order valence-corrected chi connectivity index (χ2v) is 6.42. The molecule has 0 amide bonds. The van der Waals surface area contributed by atoms with Gasteiger partial charge in [-0.1, -0.05) is 11.8 Å². The third-order valence-electron chi connectivity index (χ3n) is 1.53. The Morgan fingerprint density at radius 1 is 1.57 bits per heavy atom. The minimum absolute atomic E-state index is 0.864. The first-order chi connectivity index (χ1) is 6.75.